The average molecular weight is 413 g/mol. The second kappa shape index (κ2) is 8.19. The van der Waals surface area contributed by atoms with Crippen LogP contribution in [0.1, 0.15) is 48.0 Å². The van der Waals surface area contributed by atoms with E-state index < -0.39 is 15.6 Å². The van der Waals surface area contributed by atoms with Gasteiger partial charge in [0.25, 0.3) is 0 Å². The van der Waals surface area contributed by atoms with Crippen LogP contribution in [0.25, 0.3) is 0 Å². The SMILES string of the molecule is CCS(=O)(=O)N(CC(=O)NC(C)(C)CC(C)(C)C)c1ccc2c(c1)OCCO2. The fourth-order valence-corrected chi connectivity index (χ4v) is 4.67. The first kappa shape index (κ1) is 22.3. The third kappa shape index (κ3) is 6.02. The zero-order valence-corrected chi connectivity index (χ0v) is 18.5. The van der Waals surface area contributed by atoms with Gasteiger partial charge in [-0.3, -0.25) is 9.10 Å². The lowest BCUT2D eigenvalue weighted by molar-refractivity contribution is -0.121. The number of rotatable bonds is 7. The van der Waals surface area contributed by atoms with Gasteiger partial charge in [0.15, 0.2) is 11.5 Å². The molecule has 0 fully saturated rings. The summed E-state index contributed by atoms with van der Waals surface area (Å²) in [5.74, 6) is 0.592. The number of sulfonamides is 1. The largest absolute Gasteiger partial charge is 0.486 e. The van der Waals surface area contributed by atoms with Crippen LogP contribution in [-0.4, -0.2) is 45.4 Å². The highest BCUT2D eigenvalue weighted by atomic mass is 32.2. The Kier molecular flexibility index (Phi) is 6.53. The van der Waals surface area contributed by atoms with E-state index >= 15 is 0 Å². The van der Waals surface area contributed by atoms with E-state index in [2.05, 4.69) is 26.1 Å². The lowest BCUT2D eigenvalue weighted by atomic mass is 9.82. The molecule has 1 aliphatic heterocycles. The Morgan fingerprint density at radius 2 is 1.71 bits per heavy atom. The van der Waals surface area contributed by atoms with Gasteiger partial charge in [0.2, 0.25) is 15.9 Å². The molecule has 1 aliphatic rings. The van der Waals surface area contributed by atoms with Crippen LogP contribution >= 0.6 is 0 Å². The molecule has 2 rings (SSSR count). The van der Waals surface area contributed by atoms with Gasteiger partial charge in [0.05, 0.1) is 11.4 Å². The molecule has 1 aromatic carbocycles. The van der Waals surface area contributed by atoms with Crippen LogP contribution in [0, 0.1) is 5.41 Å². The second-order valence-corrected chi connectivity index (χ2v) is 11.1. The van der Waals surface area contributed by atoms with Crippen molar-refractivity contribution in [2.75, 3.05) is 29.8 Å². The summed E-state index contributed by atoms with van der Waals surface area (Å²) < 4.78 is 37.5. The number of fused-ring (bicyclic) bond motifs is 1. The van der Waals surface area contributed by atoms with Crippen molar-refractivity contribution in [3.05, 3.63) is 18.2 Å². The molecule has 0 saturated heterocycles. The van der Waals surface area contributed by atoms with Crippen LogP contribution < -0.4 is 19.1 Å². The highest BCUT2D eigenvalue weighted by molar-refractivity contribution is 7.92. The summed E-state index contributed by atoms with van der Waals surface area (Å²) in [6, 6.07) is 4.91. The Hall–Kier alpha value is -1.96. The molecule has 0 aliphatic carbocycles. The smallest absolute Gasteiger partial charge is 0.241 e. The highest BCUT2D eigenvalue weighted by Crippen LogP contribution is 2.35. The molecule has 158 valence electrons. The number of benzene rings is 1. The monoisotopic (exact) mass is 412 g/mol. The van der Waals surface area contributed by atoms with Crippen molar-refractivity contribution >= 4 is 21.6 Å². The molecule has 0 spiro atoms. The minimum absolute atomic E-state index is 0.0296. The van der Waals surface area contributed by atoms with Gasteiger partial charge in [-0.25, -0.2) is 8.42 Å². The lowest BCUT2D eigenvalue weighted by Gasteiger charge is -2.34. The molecule has 0 atom stereocenters. The van der Waals surface area contributed by atoms with Gasteiger partial charge in [0.1, 0.15) is 19.8 Å². The molecule has 28 heavy (non-hydrogen) atoms. The van der Waals surface area contributed by atoms with E-state index in [1.165, 1.54) is 0 Å². The molecule has 1 aromatic rings. The van der Waals surface area contributed by atoms with Gasteiger partial charge in [-0.15, -0.1) is 0 Å². The summed E-state index contributed by atoms with van der Waals surface area (Å²) >= 11 is 0. The number of hydrogen-bond donors (Lipinski definition) is 1. The van der Waals surface area contributed by atoms with E-state index in [4.69, 9.17) is 9.47 Å². The maximum atomic E-state index is 12.7. The van der Waals surface area contributed by atoms with Crippen LogP contribution in [0.3, 0.4) is 0 Å². The lowest BCUT2D eigenvalue weighted by Crippen LogP contribution is -2.50. The molecule has 1 amide bonds. The maximum Gasteiger partial charge on any atom is 0.241 e. The van der Waals surface area contributed by atoms with Crippen molar-refractivity contribution in [2.24, 2.45) is 5.41 Å². The third-order valence-corrected chi connectivity index (χ3v) is 5.99. The summed E-state index contributed by atoms with van der Waals surface area (Å²) in [7, 11) is -3.65. The number of carbonyl (C=O) groups is 1. The zero-order valence-electron chi connectivity index (χ0n) is 17.7. The van der Waals surface area contributed by atoms with E-state index in [0.717, 1.165) is 10.7 Å². The molecule has 0 bridgehead atoms. The van der Waals surface area contributed by atoms with Crippen molar-refractivity contribution in [1.82, 2.24) is 5.32 Å². The summed E-state index contributed by atoms with van der Waals surface area (Å²) in [4.78, 5) is 12.7. The van der Waals surface area contributed by atoms with E-state index in [0.29, 0.717) is 30.4 Å². The molecule has 7 nitrogen and oxygen atoms in total. The van der Waals surface area contributed by atoms with E-state index in [1.54, 1.807) is 25.1 Å². The predicted molar refractivity (Wildman–Crippen MR) is 111 cm³/mol. The van der Waals surface area contributed by atoms with E-state index in [9.17, 15) is 13.2 Å². The number of ether oxygens (including phenoxy) is 2. The number of hydrogen-bond acceptors (Lipinski definition) is 5. The summed E-state index contributed by atoms with van der Waals surface area (Å²) in [5.41, 5.74) is -0.0409. The van der Waals surface area contributed by atoms with E-state index in [1.807, 2.05) is 13.8 Å². The fourth-order valence-electron chi connectivity index (χ4n) is 3.61. The van der Waals surface area contributed by atoms with Crippen LogP contribution in [0.5, 0.6) is 11.5 Å². The minimum atomic E-state index is -3.65. The first-order valence-corrected chi connectivity index (χ1v) is 11.1. The standard InChI is InChI=1S/C20H32N2O5S/c1-7-28(24,25)22(13-18(23)21-20(5,6)14-19(2,3)4)15-8-9-16-17(12-15)27-11-10-26-16/h8-9,12H,7,10-11,13-14H2,1-6H3,(H,21,23). The van der Waals surface area contributed by atoms with Crippen molar-refractivity contribution in [2.45, 2.75) is 53.5 Å². The van der Waals surface area contributed by atoms with Gasteiger partial charge in [-0.05, 0) is 44.7 Å². The van der Waals surface area contributed by atoms with Crippen molar-refractivity contribution in [1.29, 1.82) is 0 Å². The van der Waals surface area contributed by atoms with Crippen LogP contribution in [0.4, 0.5) is 5.69 Å². The minimum Gasteiger partial charge on any atom is -0.486 e. The third-order valence-electron chi connectivity index (χ3n) is 4.25. The Morgan fingerprint density at radius 3 is 2.29 bits per heavy atom. The van der Waals surface area contributed by atoms with E-state index in [-0.39, 0.29) is 23.6 Å². The van der Waals surface area contributed by atoms with Gasteiger partial charge in [0, 0.05) is 11.6 Å². The van der Waals surface area contributed by atoms with Gasteiger partial charge < -0.3 is 14.8 Å². The molecule has 0 aromatic heterocycles. The molecule has 1 heterocycles. The van der Waals surface area contributed by atoms with Crippen LogP contribution in [0.15, 0.2) is 18.2 Å². The first-order chi connectivity index (χ1) is 12.8. The summed E-state index contributed by atoms with van der Waals surface area (Å²) in [6.45, 7) is 12.3. The van der Waals surface area contributed by atoms with Gasteiger partial charge in [-0.2, -0.15) is 0 Å². The number of carbonyl (C=O) groups excluding carboxylic acids is 1. The highest BCUT2D eigenvalue weighted by Gasteiger charge is 2.30. The Morgan fingerprint density at radius 1 is 1.11 bits per heavy atom. The Bertz CT molecular complexity index is 812. The van der Waals surface area contributed by atoms with Crippen molar-refractivity contribution < 1.29 is 22.7 Å². The molecule has 1 N–H and O–H groups in total. The Labute approximate surface area is 168 Å². The number of nitrogens with zero attached hydrogens (tertiary/aromatic N) is 1. The molecular weight excluding hydrogens is 380 g/mol. The summed E-state index contributed by atoms with van der Waals surface area (Å²) in [5, 5.41) is 2.97. The normalized spacial score (nSPS) is 14.5. The maximum absolute atomic E-state index is 12.7. The molecule has 8 heteroatoms. The predicted octanol–water partition coefficient (Wildman–Crippen LogP) is 2.94. The number of amides is 1. The van der Waals surface area contributed by atoms with Gasteiger partial charge in [-0.1, -0.05) is 20.8 Å². The second-order valence-electron chi connectivity index (χ2n) is 8.90. The zero-order chi connectivity index (χ0) is 21.2. The summed E-state index contributed by atoms with van der Waals surface area (Å²) in [6.07, 6.45) is 0.760. The molecule has 0 saturated carbocycles. The molecular formula is C20H32N2O5S. The fraction of sp³-hybridized carbons (Fsp3) is 0.650. The van der Waals surface area contributed by atoms with Gasteiger partial charge >= 0.3 is 0 Å². The van der Waals surface area contributed by atoms with Crippen LogP contribution in [-0.2, 0) is 14.8 Å². The molecule has 0 radical (unpaired) electrons. The average Bonchev–Trinajstić information content (AvgIpc) is 2.56. The van der Waals surface area contributed by atoms with Crippen LogP contribution in [0.2, 0.25) is 0 Å². The molecule has 0 unspecified atom stereocenters. The van der Waals surface area contributed by atoms with Crippen molar-refractivity contribution in [3.63, 3.8) is 0 Å². The Balaban J connectivity index is 2.24. The topological polar surface area (TPSA) is 84.9 Å². The number of anilines is 1. The first-order valence-electron chi connectivity index (χ1n) is 9.54. The van der Waals surface area contributed by atoms with Crippen molar-refractivity contribution in [3.8, 4) is 11.5 Å². The number of nitrogens with one attached hydrogen (secondary N) is 1. The quantitative estimate of drug-likeness (QED) is 0.744.